The summed E-state index contributed by atoms with van der Waals surface area (Å²) in [5.41, 5.74) is 0. The third-order valence-corrected chi connectivity index (χ3v) is 10.6. The maximum Gasteiger partial charge on any atom is 0.307 e. The molecule has 0 radical (unpaired) electrons. The first-order valence-electron chi connectivity index (χ1n) is 24.7. The highest BCUT2D eigenvalue weighted by Crippen LogP contribution is 2.13. The van der Waals surface area contributed by atoms with Crippen LogP contribution in [0.15, 0.2) is 48.6 Å². The topological polar surface area (TPSA) is 113 Å². The summed E-state index contributed by atoms with van der Waals surface area (Å²) in [5, 5.41) is 3.33. The van der Waals surface area contributed by atoms with E-state index in [4.69, 9.17) is 23.7 Å². The minimum absolute atomic E-state index is 0.00655. The Hall–Kier alpha value is -2.79. The van der Waals surface area contributed by atoms with Gasteiger partial charge in [0.15, 0.2) is 6.29 Å². The van der Waals surface area contributed by atoms with Crippen LogP contribution in [0.4, 0.5) is 0 Å². The summed E-state index contributed by atoms with van der Waals surface area (Å²) in [6.07, 6.45) is 41.3. The highest BCUT2D eigenvalue weighted by molar-refractivity contribution is 5.70. The average molecular weight is 859 g/mol. The van der Waals surface area contributed by atoms with Gasteiger partial charge in [0.1, 0.15) is 19.8 Å². The van der Waals surface area contributed by atoms with Gasteiger partial charge in [0.05, 0.1) is 18.8 Å². The van der Waals surface area contributed by atoms with Gasteiger partial charge in [-0.3, -0.25) is 14.4 Å². The lowest BCUT2D eigenvalue weighted by molar-refractivity contribution is -0.162. The molecule has 352 valence electrons. The van der Waals surface area contributed by atoms with Crippen molar-refractivity contribution in [3.05, 3.63) is 48.6 Å². The number of rotatable bonds is 43. The Morgan fingerprint density at radius 3 is 1.61 bits per heavy atom. The maximum atomic E-state index is 13.0. The second-order valence-corrected chi connectivity index (χ2v) is 16.4. The number of ether oxygens (including phenoxy) is 5. The standard InChI is InChI=1S/C51H90N2O8/c1-4-7-10-13-16-17-18-19-20-21-22-23-24-25-28-33-48(54)59-44-47(46-61-50(56)36-37-52-38-41-53-39-29-30-40-53)45-60-49(55)34-35-51(57-42-31-26-14-11-8-5-2)58-43-32-27-15-12-9-6-3/h8-9,11-12,16-17,19-20,47,51-52H,4-7,10,13-15,18,21-46H2,1-3H3/b11-8-,12-9-,17-16-,20-19-. The number of nitrogens with zero attached hydrogens (tertiary/aromatic N) is 1. The van der Waals surface area contributed by atoms with Crippen molar-refractivity contribution in [2.45, 2.75) is 188 Å². The van der Waals surface area contributed by atoms with Gasteiger partial charge in [-0.05, 0) is 116 Å². The molecule has 0 aliphatic carbocycles. The number of likely N-dealkylation sites (tertiary alicyclic amines) is 1. The molecule has 0 aromatic heterocycles. The quantitative estimate of drug-likeness (QED) is 0.0209. The molecule has 0 aromatic rings. The van der Waals surface area contributed by atoms with Gasteiger partial charge in [0.2, 0.25) is 0 Å². The molecule has 1 atom stereocenters. The van der Waals surface area contributed by atoms with Gasteiger partial charge in [-0.15, -0.1) is 0 Å². The molecule has 61 heavy (non-hydrogen) atoms. The van der Waals surface area contributed by atoms with E-state index in [2.05, 4.69) is 79.6 Å². The van der Waals surface area contributed by atoms with Crippen LogP contribution in [0, 0.1) is 5.92 Å². The summed E-state index contributed by atoms with van der Waals surface area (Å²) in [4.78, 5) is 40.7. The first-order chi connectivity index (χ1) is 30.0. The Labute approximate surface area is 373 Å². The van der Waals surface area contributed by atoms with Crippen molar-refractivity contribution in [1.29, 1.82) is 0 Å². The molecule has 10 heteroatoms. The molecule has 1 unspecified atom stereocenters. The molecule has 1 rings (SSSR count). The molecule has 0 amide bonds. The van der Waals surface area contributed by atoms with Gasteiger partial charge in [-0.25, -0.2) is 0 Å². The fourth-order valence-electron chi connectivity index (χ4n) is 6.81. The van der Waals surface area contributed by atoms with E-state index >= 15 is 0 Å². The summed E-state index contributed by atoms with van der Waals surface area (Å²) >= 11 is 0. The van der Waals surface area contributed by atoms with Crippen molar-refractivity contribution in [3.63, 3.8) is 0 Å². The molecule has 1 heterocycles. The zero-order chi connectivity index (χ0) is 44.1. The average Bonchev–Trinajstić information content (AvgIpc) is 3.79. The maximum absolute atomic E-state index is 13.0. The first kappa shape index (κ1) is 56.2. The number of unbranched alkanes of at least 4 members (excludes halogenated alkanes) is 12. The van der Waals surface area contributed by atoms with Crippen molar-refractivity contribution >= 4 is 17.9 Å². The minimum Gasteiger partial charge on any atom is -0.465 e. The zero-order valence-corrected chi connectivity index (χ0v) is 39.2. The molecule has 1 aliphatic heterocycles. The van der Waals surface area contributed by atoms with E-state index in [1.807, 2.05) is 0 Å². The number of hydrogen-bond acceptors (Lipinski definition) is 10. The number of hydrogen-bond donors (Lipinski definition) is 1. The van der Waals surface area contributed by atoms with Gasteiger partial charge in [-0.2, -0.15) is 0 Å². The fraction of sp³-hybridized carbons (Fsp3) is 0.784. The van der Waals surface area contributed by atoms with Crippen molar-refractivity contribution in [2.24, 2.45) is 5.92 Å². The fourth-order valence-corrected chi connectivity index (χ4v) is 6.81. The van der Waals surface area contributed by atoms with Crippen molar-refractivity contribution in [3.8, 4) is 0 Å². The lowest BCUT2D eigenvalue weighted by Gasteiger charge is -2.20. The Morgan fingerprint density at radius 2 is 1.03 bits per heavy atom. The minimum atomic E-state index is -0.485. The third-order valence-electron chi connectivity index (χ3n) is 10.6. The van der Waals surface area contributed by atoms with E-state index in [9.17, 15) is 14.4 Å². The summed E-state index contributed by atoms with van der Waals surface area (Å²) in [7, 11) is 0. The van der Waals surface area contributed by atoms with Gasteiger partial charge in [0.25, 0.3) is 0 Å². The van der Waals surface area contributed by atoms with E-state index < -0.39 is 12.2 Å². The highest BCUT2D eigenvalue weighted by Gasteiger charge is 2.19. The van der Waals surface area contributed by atoms with Gasteiger partial charge >= 0.3 is 17.9 Å². The van der Waals surface area contributed by atoms with Crippen LogP contribution in [0.25, 0.3) is 0 Å². The molecular formula is C51H90N2O8. The molecule has 1 saturated heterocycles. The smallest absolute Gasteiger partial charge is 0.307 e. The van der Waals surface area contributed by atoms with Crippen LogP contribution in [0.3, 0.4) is 0 Å². The van der Waals surface area contributed by atoms with Crippen molar-refractivity contribution in [1.82, 2.24) is 10.2 Å². The summed E-state index contributed by atoms with van der Waals surface area (Å²) in [6, 6.07) is 0. The predicted octanol–water partition coefficient (Wildman–Crippen LogP) is 11.5. The van der Waals surface area contributed by atoms with Gasteiger partial charge < -0.3 is 33.9 Å². The summed E-state index contributed by atoms with van der Waals surface area (Å²) in [5.74, 6) is -1.46. The van der Waals surface area contributed by atoms with Crippen LogP contribution in [-0.4, -0.2) is 94.9 Å². The lowest BCUT2D eigenvalue weighted by Crippen LogP contribution is -2.31. The second-order valence-electron chi connectivity index (χ2n) is 16.4. The number of esters is 3. The van der Waals surface area contributed by atoms with Crippen molar-refractivity contribution in [2.75, 3.05) is 65.8 Å². The largest absolute Gasteiger partial charge is 0.465 e. The SMILES string of the molecule is CC/C=C\CCCCOC(CCC(=O)OCC(COC(=O)CCCCCCC/C=C\C/C=C\CCCCC)COC(=O)CCNCCN1CCCC1)OCCCC/C=C\CC. The van der Waals surface area contributed by atoms with E-state index in [0.29, 0.717) is 32.6 Å². The van der Waals surface area contributed by atoms with Crippen molar-refractivity contribution < 1.29 is 38.1 Å². The molecule has 1 N–H and O–H groups in total. The number of nitrogens with one attached hydrogen (secondary N) is 1. The van der Waals surface area contributed by atoms with Crippen LogP contribution in [0.5, 0.6) is 0 Å². The molecule has 10 nitrogen and oxygen atoms in total. The van der Waals surface area contributed by atoms with Crippen LogP contribution >= 0.6 is 0 Å². The number of allylic oxidation sites excluding steroid dienone is 8. The molecule has 0 spiro atoms. The molecule has 0 aromatic carbocycles. The predicted molar refractivity (Wildman–Crippen MR) is 250 cm³/mol. The number of carbonyl (C=O) groups is 3. The monoisotopic (exact) mass is 859 g/mol. The van der Waals surface area contributed by atoms with Crippen LogP contribution in [0.1, 0.15) is 181 Å². The van der Waals surface area contributed by atoms with Gasteiger partial charge in [-0.1, -0.05) is 101 Å². The first-order valence-corrected chi connectivity index (χ1v) is 24.7. The lowest BCUT2D eigenvalue weighted by atomic mass is 10.1. The Bertz CT molecular complexity index is 1130. The van der Waals surface area contributed by atoms with E-state index in [0.717, 1.165) is 122 Å². The second kappa shape index (κ2) is 43.8. The van der Waals surface area contributed by atoms with Gasteiger partial charge in [0, 0.05) is 45.7 Å². The zero-order valence-electron chi connectivity index (χ0n) is 39.2. The molecular weight excluding hydrogens is 769 g/mol. The summed E-state index contributed by atoms with van der Waals surface area (Å²) < 4.78 is 29.0. The molecule has 1 aliphatic rings. The van der Waals surface area contributed by atoms with Crippen LogP contribution < -0.4 is 5.32 Å². The van der Waals surface area contributed by atoms with E-state index in [-0.39, 0.29) is 50.6 Å². The summed E-state index contributed by atoms with van der Waals surface area (Å²) in [6.45, 7) is 12.3. The number of carbonyl (C=O) groups excluding carboxylic acids is 3. The van der Waals surface area contributed by atoms with E-state index in [1.54, 1.807) is 0 Å². The van der Waals surface area contributed by atoms with Crippen LogP contribution in [0.2, 0.25) is 0 Å². The Morgan fingerprint density at radius 1 is 0.541 bits per heavy atom. The molecule has 0 bridgehead atoms. The normalized spacial score (nSPS) is 14.1. The molecule has 0 saturated carbocycles. The van der Waals surface area contributed by atoms with E-state index in [1.165, 1.54) is 38.5 Å². The van der Waals surface area contributed by atoms with Crippen LogP contribution in [-0.2, 0) is 38.1 Å². The third kappa shape index (κ3) is 38.6. The Kier molecular flexibility index (Phi) is 40.4. The Balaban J connectivity index is 2.51. The molecule has 1 fully saturated rings. The highest BCUT2D eigenvalue weighted by atomic mass is 16.7.